The van der Waals surface area contributed by atoms with E-state index in [9.17, 15) is 0 Å². The molecular formula is C17H19N2+. The molecule has 2 heteroatoms. The Balaban J connectivity index is 2.03. The van der Waals surface area contributed by atoms with Gasteiger partial charge in [-0.15, -0.1) is 0 Å². The van der Waals surface area contributed by atoms with E-state index in [1.165, 1.54) is 34.4 Å². The van der Waals surface area contributed by atoms with Gasteiger partial charge in [-0.25, -0.2) is 9.55 Å². The second kappa shape index (κ2) is 3.83. The summed E-state index contributed by atoms with van der Waals surface area (Å²) in [4.78, 5) is 3.63. The zero-order valence-electron chi connectivity index (χ0n) is 11.5. The van der Waals surface area contributed by atoms with Crippen molar-refractivity contribution < 1.29 is 4.57 Å². The number of aromatic nitrogens is 2. The maximum Gasteiger partial charge on any atom is 0.288 e. The molecule has 2 aliphatic rings. The molecule has 1 N–H and O–H groups in total. The largest absolute Gasteiger partial charge is 0.288 e. The first-order valence-corrected chi connectivity index (χ1v) is 7.15. The molecule has 2 aliphatic carbocycles. The molecule has 2 atom stereocenters. The highest BCUT2D eigenvalue weighted by atomic mass is 15.1. The van der Waals surface area contributed by atoms with Crippen molar-refractivity contribution in [1.82, 2.24) is 4.98 Å². The monoisotopic (exact) mass is 251 g/mol. The summed E-state index contributed by atoms with van der Waals surface area (Å²) in [5, 5.41) is 1.35. The normalized spacial score (nSPS) is 24.5. The van der Waals surface area contributed by atoms with E-state index in [4.69, 9.17) is 0 Å². The van der Waals surface area contributed by atoms with Crippen molar-refractivity contribution in [3.05, 3.63) is 41.2 Å². The van der Waals surface area contributed by atoms with Crippen LogP contribution in [0.5, 0.6) is 0 Å². The second-order valence-corrected chi connectivity index (χ2v) is 5.88. The molecule has 0 radical (unpaired) electrons. The van der Waals surface area contributed by atoms with Crippen LogP contribution in [0.25, 0.3) is 23.2 Å². The maximum absolute atomic E-state index is 3.63. The van der Waals surface area contributed by atoms with Crippen molar-refractivity contribution in [3.8, 4) is 0 Å². The van der Waals surface area contributed by atoms with Gasteiger partial charge in [0.25, 0.3) is 5.65 Å². The fourth-order valence-corrected chi connectivity index (χ4v) is 3.21. The number of fused-ring (bicyclic) bond motifs is 3. The van der Waals surface area contributed by atoms with E-state index < -0.39 is 0 Å². The summed E-state index contributed by atoms with van der Waals surface area (Å²) in [5.41, 5.74) is 5.23. The third-order valence-corrected chi connectivity index (χ3v) is 4.44. The number of aromatic amines is 1. The second-order valence-electron chi connectivity index (χ2n) is 5.88. The molecule has 0 bridgehead atoms. The molecule has 1 fully saturated rings. The minimum Gasteiger partial charge on any atom is -0.240 e. The van der Waals surface area contributed by atoms with Gasteiger partial charge in [0.05, 0.1) is 5.39 Å². The van der Waals surface area contributed by atoms with Crippen molar-refractivity contribution in [2.24, 2.45) is 5.92 Å². The van der Waals surface area contributed by atoms with Crippen molar-refractivity contribution >= 4 is 23.2 Å². The number of aryl methyl sites for hydroxylation is 1. The smallest absolute Gasteiger partial charge is 0.240 e. The first-order valence-electron chi connectivity index (χ1n) is 7.15. The summed E-state index contributed by atoms with van der Waals surface area (Å²) in [6.45, 7) is 4.55. The van der Waals surface area contributed by atoms with Crippen molar-refractivity contribution in [2.75, 3.05) is 0 Å². The molecule has 2 heterocycles. The van der Waals surface area contributed by atoms with Gasteiger partial charge in [-0.3, -0.25) is 0 Å². The van der Waals surface area contributed by atoms with Gasteiger partial charge in [-0.05, 0) is 38.0 Å². The standard InChI is InChI=1S/C17H18N2/c1-11-10-16(11)19-12(2)8-9-14-13-6-4-3-5-7-15(13)18-17(14)19/h4-9,11,16H,3,10H2,1-2H3/p+1. The molecule has 0 amide bonds. The molecule has 2 aromatic rings. The molecule has 0 aromatic carbocycles. The van der Waals surface area contributed by atoms with Crippen molar-refractivity contribution in [2.45, 2.75) is 32.7 Å². The summed E-state index contributed by atoms with van der Waals surface area (Å²) in [5.74, 6) is 0.809. The maximum atomic E-state index is 3.63. The lowest BCUT2D eigenvalue weighted by molar-refractivity contribution is -0.685. The first-order chi connectivity index (χ1) is 9.25. The molecule has 96 valence electrons. The van der Waals surface area contributed by atoms with Gasteiger partial charge < -0.3 is 0 Å². The van der Waals surface area contributed by atoms with E-state index in [-0.39, 0.29) is 0 Å². The molecule has 0 spiro atoms. The number of rotatable bonds is 1. The molecule has 1 saturated carbocycles. The Bertz CT molecular complexity index is 718. The Morgan fingerprint density at radius 1 is 1.21 bits per heavy atom. The van der Waals surface area contributed by atoms with Crippen LogP contribution >= 0.6 is 0 Å². The lowest BCUT2D eigenvalue weighted by Gasteiger charge is -2.04. The fraction of sp³-hybridized carbons (Fsp3) is 0.353. The quantitative estimate of drug-likeness (QED) is 0.744. The minimum absolute atomic E-state index is 0.680. The van der Waals surface area contributed by atoms with Gasteiger partial charge in [0.1, 0.15) is 17.4 Å². The lowest BCUT2D eigenvalue weighted by atomic mass is 10.1. The van der Waals surface area contributed by atoms with E-state index in [0.717, 1.165) is 12.3 Å². The van der Waals surface area contributed by atoms with Gasteiger partial charge in [-0.2, -0.15) is 0 Å². The van der Waals surface area contributed by atoms with E-state index in [2.05, 4.69) is 59.8 Å². The third kappa shape index (κ3) is 1.59. The Morgan fingerprint density at radius 3 is 2.79 bits per heavy atom. The number of hydrogen-bond acceptors (Lipinski definition) is 0. The zero-order chi connectivity index (χ0) is 13.0. The van der Waals surface area contributed by atoms with Crippen LogP contribution in [0.1, 0.15) is 42.8 Å². The number of nitrogens with zero attached hydrogens (tertiary/aromatic N) is 1. The summed E-state index contributed by atoms with van der Waals surface area (Å²) >= 11 is 0. The third-order valence-electron chi connectivity index (χ3n) is 4.44. The summed E-state index contributed by atoms with van der Waals surface area (Å²) < 4.78 is 2.50. The van der Waals surface area contributed by atoms with Crippen LogP contribution in [0, 0.1) is 12.8 Å². The SMILES string of the molecule is Cc1ccc2c3c([nH]c2[n+]1C1CC1C)C=CCC=C3. The summed E-state index contributed by atoms with van der Waals surface area (Å²) in [7, 11) is 0. The van der Waals surface area contributed by atoms with Gasteiger partial charge in [0, 0.05) is 11.5 Å². The lowest BCUT2D eigenvalue weighted by Crippen LogP contribution is -2.37. The number of hydrogen-bond donors (Lipinski definition) is 1. The van der Waals surface area contributed by atoms with Crippen LogP contribution in [0.15, 0.2) is 24.3 Å². The molecule has 2 nitrogen and oxygen atoms in total. The van der Waals surface area contributed by atoms with Gasteiger partial charge in [0.15, 0.2) is 0 Å². The Kier molecular flexibility index (Phi) is 2.22. The Morgan fingerprint density at radius 2 is 2.00 bits per heavy atom. The zero-order valence-corrected chi connectivity index (χ0v) is 11.5. The summed E-state index contributed by atoms with van der Waals surface area (Å²) in [6, 6.07) is 5.19. The van der Waals surface area contributed by atoms with Gasteiger partial charge in [-0.1, -0.05) is 25.2 Å². The van der Waals surface area contributed by atoms with Crippen LogP contribution in [0.3, 0.4) is 0 Å². The first kappa shape index (κ1) is 11.0. The number of nitrogens with one attached hydrogen (secondary N) is 1. The predicted octanol–water partition coefficient (Wildman–Crippen LogP) is 3.77. The van der Waals surface area contributed by atoms with Crippen LogP contribution in [-0.4, -0.2) is 4.98 Å². The van der Waals surface area contributed by atoms with Gasteiger partial charge in [0.2, 0.25) is 0 Å². The predicted molar refractivity (Wildman–Crippen MR) is 78.7 cm³/mol. The average molecular weight is 251 g/mol. The highest BCUT2D eigenvalue weighted by Gasteiger charge is 2.41. The van der Waals surface area contributed by atoms with E-state index in [1.807, 2.05) is 0 Å². The van der Waals surface area contributed by atoms with Crippen molar-refractivity contribution in [3.63, 3.8) is 0 Å². The number of pyridine rings is 1. The van der Waals surface area contributed by atoms with Crippen molar-refractivity contribution in [1.29, 1.82) is 0 Å². The molecule has 4 rings (SSSR count). The average Bonchev–Trinajstić information content (AvgIpc) is 3.06. The minimum atomic E-state index is 0.680. The topological polar surface area (TPSA) is 19.7 Å². The van der Waals surface area contributed by atoms with E-state index >= 15 is 0 Å². The Labute approximate surface area is 113 Å². The van der Waals surface area contributed by atoms with Crippen LogP contribution in [0.4, 0.5) is 0 Å². The molecular weight excluding hydrogens is 232 g/mol. The molecule has 2 unspecified atom stereocenters. The molecule has 0 aliphatic heterocycles. The highest BCUT2D eigenvalue weighted by Crippen LogP contribution is 2.39. The Hall–Kier alpha value is -1.83. The molecule has 0 saturated heterocycles. The fourth-order valence-electron chi connectivity index (χ4n) is 3.21. The van der Waals surface area contributed by atoms with E-state index in [1.54, 1.807) is 0 Å². The molecule has 2 aromatic heterocycles. The van der Waals surface area contributed by atoms with Crippen LogP contribution < -0.4 is 4.57 Å². The molecule has 19 heavy (non-hydrogen) atoms. The van der Waals surface area contributed by atoms with Crippen LogP contribution in [0.2, 0.25) is 0 Å². The number of allylic oxidation sites excluding steroid dienone is 2. The van der Waals surface area contributed by atoms with Gasteiger partial charge >= 0.3 is 0 Å². The summed E-state index contributed by atoms with van der Waals surface area (Å²) in [6.07, 6.45) is 11.2. The highest BCUT2D eigenvalue weighted by molar-refractivity contribution is 5.90. The van der Waals surface area contributed by atoms with E-state index in [0.29, 0.717) is 6.04 Å². The number of H-pyrrole nitrogens is 1. The van der Waals surface area contributed by atoms with Crippen LogP contribution in [-0.2, 0) is 0 Å².